The molecule has 0 spiro atoms. The highest BCUT2D eigenvalue weighted by atomic mass is 35.5. The van der Waals surface area contributed by atoms with Gasteiger partial charge in [-0.25, -0.2) is 4.79 Å². The minimum atomic E-state index is -0.530. The summed E-state index contributed by atoms with van der Waals surface area (Å²) < 4.78 is 6.03. The van der Waals surface area contributed by atoms with Crippen molar-refractivity contribution in [3.8, 4) is 0 Å². The maximum Gasteiger partial charge on any atom is 0.367 e. The van der Waals surface area contributed by atoms with Gasteiger partial charge in [0.05, 0.1) is 16.3 Å². The standard InChI is InChI=1S/C19H18ClNO3/c20-14-8-3-1-6-12(14)19(22)24-21-15-9-5-11-17-18(15)13-7-2-4-10-16(13)23-17/h1,3,6,8H,2,4-5,7,9-11H2. The molecule has 24 heavy (non-hydrogen) atoms. The van der Waals surface area contributed by atoms with Crippen molar-refractivity contribution in [2.75, 3.05) is 0 Å². The molecule has 1 aromatic carbocycles. The van der Waals surface area contributed by atoms with Crippen molar-refractivity contribution >= 4 is 23.3 Å². The quantitative estimate of drug-likeness (QED) is 0.586. The average Bonchev–Trinajstić information content (AvgIpc) is 2.99. The molecule has 0 bridgehead atoms. The van der Waals surface area contributed by atoms with E-state index >= 15 is 0 Å². The van der Waals surface area contributed by atoms with Gasteiger partial charge >= 0.3 is 5.97 Å². The van der Waals surface area contributed by atoms with E-state index in [0.29, 0.717) is 10.6 Å². The second-order valence-electron chi connectivity index (χ2n) is 6.26. The van der Waals surface area contributed by atoms with Crippen LogP contribution in [0.15, 0.2) is 33.8 Å². The summed E-state index contributed by atoms with van der Waals surface area (Å²) in [5, 5.41) is 4.54. The fraction of sp³-hybridized carbons (Fsp3) is 0.368. The SMILES string of the molecule is O=C(ON=C1CCCc2oc3c(c21)CCCC3)c1ccccc1Cl. The predicted octanol–water partition coefficient (Wildman–Crippen LogP) is 4.71. The first-order valence-electron chi connectivity index (χ1n) is 8.40. The van der Waals surface area contributed by atoms with Crippen LogP contribution in [0, 0.1) is 0 Å². The zero-order valence-corrected chi connectivity index (χ0v) is 14.1. The third-order valence-corrected chi connectivity index (χ3v) is 5.01. The van der Waals surface area contributed by atoms with Crippen molar-refractivity contribution in [2.45, 2.75) is 44.9 Å². The lowest BCUT2D eigenvalue weighted by Gasteiger charge is -2.15. The van der Waals surface area contributed by atoms with E-state index in [0.717, 1.165) is 54.9 Å². The van der Waals surface area contributed by atoms with Gasteiger partial charge < -0.3 is 9.25 Å². The number of benzene rings is 1. The van der Waals surface area contributed by atoms with Gasteiger partial charge in [0.2, 0.25) is 0 Å². The van der Waals surface area contributed by atoms with Gasteiger partial charge in [0.25, 0.3) is 0 Å². The third-order valence-electron chi connectivity index (χ3n) is 4.68. The Hall–Kier alpha value is -2.07. The topological polar surface area (TPSA) is 51.8 Å². The molecule has 0 atom stereocenters. The van der Waals surface area contributed by atoms with Crippen LogP contribution in [-0.2, 0) is 24.1 Å². The van der Waals surface area contributed by atoms with E-state index in [4.69, 9.17) is 20.9 Å². The average molecular weight is 344 g/mol. The monoisotopic (exact) mass is 343 g/mol. The normalized spacial score (nSPS) is 18.1. The Morgan fingerprint density at radius 1 is 1.04 bits per heavy atom. The summed E-state index contributed by atoms with van der Waals surface area (Å²) in [5.41, 5.74) is 3.50. The third kappa shape index (κ3) is 2.75. The minimum Gasteiger partial charge on any atom is -0.465 e. The van der Waals surface area contributed by atoms with Crippen LogP contribution in [0.3, 0.4) is 0 Å². The molecule has 0 saturated carbocycles. The van der Waals surface area contributed by atoms with Crippen molar-refractivity contribution in [1.82, 2.24) is 0 Å². The lowest BCUT2D eigenvalue weighted by Crippen LogP contribution is -2.15. The number of nitrogens with zero attached hydrogens (tertiary/aromatic N) is 1. The molecule has 0 radical (unpaired) electrons. The van der Waals surface area contributed by atoms with Crippen LogP contribution >= 0.6 is 11.6 Å². The molecule has 0 N–H and O–H groups in total. The van der Waals surface area contributed by atoms with Crippen molar-refractivity contribution in [3.63, 3.8) is 0 Å². The first kappa shape index (κ1) is 15.5. The van der Waals surface area contributed by atoms with Crippen molar-refractivity contribution in [1.29, 1.82) is 0 Å². The molecule has 0 saturated heterocycles. The van der Waals surface area contributed by atoms with Crippen LogP contribution in [-0.4, -0.2) is 11.7 Å². The van der Waals surface area contributed by atoms with Crippen molar-refractivity contribution in [3.05, 3.63) is 57.5 Å². The zero-order valence-electron chi connectivity index (χ0n) is 13.3. The Balaban J connectivity index is 1.62. The number of carbonyl (C=O) groups is 1. The number of hydrogen-bond acceptors (Lipinski definition) is 4. The molecule has 2 aliphatic carbocycles. The summed E-state index contributed by atoms with van der Waals surface area (Å²) in [6, 6.07) is 6.82. The lowest BCUT2D eigenvalue weighted by molar-refractivity contribution is 0.0515. The summed E-state index contributed by atoms with van der Waals surface area (Å²) in [7, 11) is 0. The number of rotatable bonds is 2. The first-order valence-corrected chi connectivity index (χ1v) is 8.78. The molecule has 1 heterocycles. The molecule has 4 nitrogen and oxygen atoms in total. The Bertz CT molecular complexity index is 822. The van der Waals surface area contributed by atoms with Crippen molar-refractivity contribution < 1.29 is 14.0 Å². The summed E-state index contributed by atoms with van der Waals surface area (Å²) in [5.74, 6) is 1.57. The van der Waals surface area contributed by atoms with Crippen LogP contribution in [0.1, 0.15) is 58.7 Å². The van der Waals surface area contributed by atoms with Gasteiger partial charge in [-0.05, 0) is 44.2 Å². The molecule has 0 fully saturated rings. The zero-order chi connectivity index (χ0) is 16.5. The van der Waals surface area contributed by atoms with Gasteiger partial charge in [-0.1, -0.05) is 28.9 Å². The summed E-state index contributed by atoms with van der Waals surface area (Å²) in [6.45, 7) is 0. The molecule has 1 aromatic heterocycles. The number of oxime groups is 1. The van der Waals surface area contributed by atoms with E-state index in [1.165, 1.54) is 18.4 Å². The van der Waals surface area contributed by atoms with E-state index in [1.807, 2.05) is 0 Å². The van der Waals surface area contributed by atoms with E-state index in [1.54, 1.807) is 24.3 Å². The largest absolute Gasteiger partial charge is 0.465 e. The number of carbonyl (C=O) groups excluding carboxylic acids is 1. The molecular formula is C19H18ClNO3. The van der Waals surface area contributed by atoms with Crippen LogP contribution in [0.2, 0.25) is 5.02 Å². The fourth-order valence-electron chi connectivity index (χ4n) is 3.54. The fourth-order valence-corrected chi connectivity index (χ4v) is 3.75. The number of halogens is 1. The lowest BCUT2D eigenvalue weighted by atomic mass is 9.88. The maximum atomic E-state index is 12.2. The van der Waals surface area contributed by atoms with E-state index in [-0.39, 0.29) is 0 Å². The minimum absolute atomic E-state index is 0.328. The Morgan fingerprint density at radius 2 is 1.83 bits per heavy atom. The molecule has 2 aromatic rings. The molecular weight excluding hydrogens is 326 g/mol. The molecule has 0 amide bonds. The molecule has 124 valence electrons. The molecule has 0 aliphatic heterocycles. The van der Waals surface area contributed by atoms with Crippen LogP contribution in [0.5, 0.6) is 0 Å². The molecule has 5 heteroatoms. The number of hydrogen-bond donors (Lipinski definition) is 0. The van der Waals surface area contributed by atoms with Gasteiger partial charge in [0.15, 0.2) is 0 Å². The van der Waals surface area contributed by atoms with E-state index in [9.17, 15) is 4.79 Å². The summed E-state index contributed by atoms with van der Waals surface area (Å²) >= 11 is 6.03. The van der Waals surface area contributed by atoms with Gasteiger partial charge in [-0.2, -0.15) is 0 Å². The molecule has 2 aliphatic rings. The number of furan rings is 1. The van der Waals surface area contributed by atoms with Crippen LogP contribution in [0.4, 0.5) is 0 Å². The smallest absolute Gasteiger partial charge is 0.367 e. The first-order chi connectivity index (χ1) is 11.7. The van der Waals surface area contributed by atoms with Gasteiger partial charge in [-0.3, -0.25) is 0 Å². The Morgan fingerprint density at radius 3 is 2.71 bits per heavy atom. The van der Waals surface area contributed by atoms with Gasteiger partial charge in [-0.15, -0.1) is 0 Å². The second kappa shape index (κ2) is 6.44. The summed E-state index contributed by atoms with van der Waals surface area (Å²) in [4.78, 5) is 17.4. The molecule has 4 rings (SSSR count). The summed E-state index contributed by atoms with van der Waals surface area (Å²) in [6.07, 6.45) is 7.05. The highest BCUT2D eigenvalue weighted by molar-refractivity contribution is 6.33. The van der Waals surface area contributed by atoms with E-state index < -0.39 is 5.97 Å². The Labute approximate surface area is 145 Å². The van der Waals surface area contributed by atoms with Crippen molar-refractivity contribution in [2.24, 2.45) is 5.16 Å². The van der Waals surface area contributed by atoms with E-state index in [2.05, 4.69) is 5.16 Å². The number of fused-ring (bicyclic) bond motifs is 3. The van der Waals surface area contributed by atoms with Crippen LogP contribution in [0.25, 0.3) is 0 Å². The van der Waals surface area contributed by atoms with Gasteiger partial charge in [0.1, 0.15) is 11.5 Å². The highest BCUT2D eigenvalue weighted by Crippen LogP contribution is 2.34. The maximum absolute atomic E-state index is 12.2. The molecule has 0 unspecified atom stereocenters. The second-order valence-corrected chi connectivity index (χ2v) is 6.67. The van der Waals surface area contributed by atoms with Gasteiger partial charge in [0, 0.05) is 24.0 Å². The van der Waals surface area contributed by atoms with Crippen LogP contribution < -0.4 is 0 Å². The Kier molecular flexibility index (Phi) is 4.15. The highest BCUT2D eigenvalue weighted by Gasteiger charge is 2.28. The number of aryl methyl sites for hydroxylation is 2. The predicted molar refractivity (Wildman–Crippen MR) is 91.7 cm³/mol.